The van der Waals surface area contributed by atoms with Gasteiger partial charge in [0, 0.05) is 5.92 Å². The van der Waals surface area contributed by atoms with Gasteiger partial charge in [-0.1, -0.05) is 47.5 Å². The molecule has 0 unspecified atom stereocenters. The number of hydrogen-bond donors (Lipinski definition) is 0. The molecular weight excluding hydrogens is 196 g/mol. The first kappa shape index (κ1) is 15.7. The van der Waals surface area contributed by atoms with Crippen LogP contribution >= 0.6 is 0 Å². The third-order valence-corrected chi connectivity index (χ3v) is 3.40. The molecule has 1 nitrogen and oxygen atoms in total. The van der Waals surface area contributed by atoms with Gasteiger partial charge in [-0.05, 0) is 37.0 Å². The minimum absolute atomic E-state index is 0.232. The lowest BCUT2D eigenvalue weighted by molar-refractivity contribution is -0.111. The molecule has 0 radical (unpaired) electrons. The van der Waals surface area contributed by atoms with Crippen molar-refractivity contribution in [1.29, 1.82) is 0 Å². The Morgan fingerprint density at radius 2 is 1.38 bits per heavy atom. The fourth-order valence-corrected chi connectivity index (χ4v) is 2.87. The molecule has 0 aromatic carbocycles. The summed E-state index contributed by atoms with van der Waals surface area (Å²) in [5.74, 6) is 2.57. The van der Waals surface area contributed by atoms with Gasteiger partial charge in [-0.2, -0.15) is 0 Å². The summed E-state index contributed by atoms with van der Waals surface area (Å²) in [5, 5.41) is 0. The molecule has 0 aliphatic rings. The molecule has 0 aromatic heterocycles. The van der Waals surface area contributed by atoms with E-state index in [2.05, 4.69) is 27.7 Å². The van der Waals surface area contributed by atoms with Gasteiger partial charge in [0.2, 0.25) is 0 Å². The molecule has 0 N–H and O–H groups in total. The molecule has 4 atom stereocenters. The first-order valence-corrected chi connectivity index (χ1v) is 6.94. The molecule has 16 heavy (non-hydrogen) atoms. The average molecular weight is 226 g/mol. The van der Waals surface area contributed by atoms with Crippen LogP contribution in [0.3, 0.4) is 0 Å². The van der Waals surface area contributed by atoms with E-state index in [4.69, 9.17) is 0 Å². The van der Waals surface area contributed by atoms with Crippen molar-refractivity contribution in [3.8, 4) is 0 Å². The summed E-state index contributed by atoms with van der Waals surface area (Å²) >= 11 is 0. The highest BCUT2D eigenvalue weighted by Gasteiger charge is 2.14. The van der Waals surface area contributed by atoms with Crippen LogP contribution in [0.15, 0.2) is 0 Å². The van der Waals surface area contributed by atoms with Crippen molar-refractivity contribution >= 4 is 6.29 Å². The molecule has 0 bridgehead atoms. The van der Waals surface area contributed by atoms with Crippen molar-refractivity contribution in [3.63, 3.8) is 0 Å². The standard InChI is InChI=1S/C15H30O/c1-6-7-12(2)8-13(3)9-14(4)10-15(5)11-16/h11-15H,6-10H2,1-5H3/t12-,13+,14-,15+/m1/s1. The summed E-state index contributed by atoms with van der Waals surface area (Å²) < 4.78 is 0. The zero-order valence-corrected chi connectivity index (χ0v) is 11.8. The lowest BCUT2D eigenvalue weighted by atomic mass is 9.85. The first-order chi connectivity index (χ1) is 7.49. The van der Waals surface area contributed by atoms with Gasteiger partial charge in [-0.15, -0.1) is 0 Å². The number of aldehydes is 1. The Morgan fingerprint density at radius 3 is 1.88 bits per heavy atom. The van der Waals surface area contributed by atoms with Crippen molar-refractivity contribution in [2.75, 3.05) is 0 Å². The molecule has 0 spiro atoms. The molecule has 0 aliphatic carbocycles. The maximum atomic E-state index is 10.6. The Balaban J connectivity index is 3.76. The Kier molecular flexibility index (Phi) is 8.60. The molecule has 0 saturated carbocycles. The molecular formula is C15H30O. The highest BCUT2D eigenvalue weighted by atomic mass is 16.1. The number of carbonyl (C=O) groups excluding carboxylic acids is 1. The SMILES string of the molecule is CCC[C@@H](C)C[C@H](C)C[C@@H](C)C[C@H](C)C=O. The highest BCUT2D eigenvalue weighted by Crippen LogP contribution is 2.25. The van der Waals surface area contributed by atoms with Crippen LogP contribution in [-0.4, -0.2) is 6.29 Å². The van der Waals surface area contributed by atoms with E-state index in [1.807, 2.05) is 6.92 Å². The number of carbonyl (C=O) groups is 1. The molecule has 96 valence electrons. The van der Waals surface area contributed by atoms with Crippen LogP contribution in [0.25, 0.3) is 0 Å². The molecule has 0 saturated heterocycles. The van der Waals surface area contributed by atoms with Crippen molar-refractivity contribution in [1.82, 2.24) is 0 Å². The van der Waals surface area contributed by atoms with Crippen LogP contribution in [0, 0.1) is 23.7 Å². The minimum atomic E-state index is 0.232. The van der Waals surface area contributed by atoms with Gasteiger partial charge in [-0.25, -0.2) is 0 Å². The maximum absolute atomic E-state index is 10.6. The summed E-state index contributed by atoms with van der Waals surface area (Å²) in [7, 11) is 0. The van der Waals surface area contributed by atoms with Crippen LogP contribution in [0.5, 0.6) is 0 Å². The second-order valence-corrected chi connectivity index (χ2v) is 5.92. The summed E-state index contributed by atoms with van der Waals surface area (Å²) in [6.45, 7) is 11.3. The van der Waals surface area contributed by atoms with E-state index in [1.165, 1.54) is 25.7 Å². The van der Waals surface area contributed by atoms with E-state index >= 15 is 0 Å². The second kappa shape index (κ2) is 8.78. The van der Waals surface area contributed by atoms with E-state index in [0.29, 0.717) is 5.92 Å². The van der Waals surface area contributed by atoms with Gasteiger partial charge < -0.3 is 4.79 Å². The van der Waals surface area contributed by atoms with Crippen molar-refractivity contribution in [3.05, 3.63) is 0 Å². The minimum Gasteiger partial charge on any atom is -0.303 e. The van der Waals surface area contributed by atoms with Crippen molar-refractivity contribution in [2.24, 2.45) is 23.7 Å². The normalized spacial score (nSPS) is 18.8. The van der Waals surface area contributed by atoms with Crippen LogP contribution < -0.4 is 0 Å². The first-order valence-electron chi connectivity index (χ1n) is 6.94. The fraction of sp³-hybridized carbons (Fsp3) is 0.933. The van der Waals surface area contributed by atoms with Gasteiger partial charge in [0.25, 0.3) is 0 Å². The third kappa shape index (κ3) is 7.90. The highest BCUT2D eigenvalue weighted by molar-refractivity contribution is 5.52. The largest absolute Gasteiger partial charge is 0.303 e. The molecule has 0 fully saturated rings. The molecule has 0 aromatic rings. The molecule has 0 amide bonds. The summed E-state index contributed by atoms with van der Waals surface area (Å²) in [6, 6.07) is 0. The Bertz CT molecular complexity index is 176. The van der Waals surface area contributed by atoms with Crippen molar-refractivity contribution in [2.45, 2.75) is 66.7 Å². The maximum Gasteiger partial charge on any atom is 0.122 e. The van der Waals surface area contributed by atoms with Gasteiger partial charge >= 0.3 is 0 Å². The lowest BCUT2D eigenvalue weighted by Gasteiger charge is -2.21. The van der Waals surface area contributed by atoms with E-state index < -0.39 is 0 Å². The molecule has 0 aliphatic heterocycles. The summed E-state index contributed by atoms with van der Waals surface area (Å²) in [6.07, 6.45) is 7.39. The predicted molar refractivity (Wildman–Crippen MR) is 71.5 cm³/mol. The molecule has 1 heteroatoms. The van der Waals surface area contributed by atoms with Crippen LogP contribution in [0.1, 0.15) is 66.7 Å². The van der Waals surface area contributed by atoms with E-state index in [1.54, 1.807) is 0 Å². The number of rotatable bonds is 9. The van der Waals surface area contributed by atoms with Crippen LogP contribution in [-0.2, 0) is 4.79 Å². The average Bonchev–Trinajstić information content (AvgIpc) is 2.16. The topological polar surface area (TPSA) is 17.1 Å². The van der Waals surface area contributed by atoms with Crippen LogP contribution in [0.4, 0.5) is 0 Å². The van der Waals surface area contributed by atoms with Gasteiger partial charge in [0.1, 0.15) is 6.29 Å². The van der Waals surface area contributed by atoms with Gasteiger partial charge in [0.05, 0.1) is 0 Å². The summed E-state index contributed by atoms with van der Waals surface area (Å²) in [5.41, 5.74) is 0. The molecule has 0 heterocycles. The van der Waals surface area contributed by atoms with Crippen LogP contribution in [0.2, 0.25) is 0 Å². The van der Waals surface area contributed by atoms with Gasteiger partial charge in [-0.3, -0.25) is 0 Å². The second-order valence-electron chi connectivity index (χ2n) is 5.92. The van der Waals surface area contributed by atoms with E-state index in [-0.39, 0.29) is 5.92 Å². The number of hydrogen-bond acceptors (Lipinski definition) is 1. The van der Waals surface area contributed by atoms with E-state index in [0.717, 1.165) is 24.5 Å². The van der Waals surface area contributed by atoms with Crippen molar-refractivity contribution < 1.29 is 4.79 Å². The Labute approximate surface area is 102 Å². The van der Waals surface area contributed by atoms with E-state index in [9.17, 15) is 4.79 Å². The zero-order valence-electron chi connectivity index (χ0n) is 11.8. The third-order valence-electron chi connectivity index (χ3n) is 3.40. The monoisotopic (exact) mass is 226 g/mol. The lowest BCUT2D eigenvalue weighted by Crippen LogP contribution is -2.10. The Morgan fingerprint density at radius 1 is 0.875 bits per heavy atom. The zero-order chi connectivity index (χ0) is 12.6. The molecule has 0 rings (SSSR count). The predicted octanol–water partition coefficient (Wildman–Crippen LogP) is 4.70. The fourth-order valence-electron chi connectivity index (χ4n) is 2.87. The summed E-state index contributed by atoms with van der Waals surface area (Å²) in [4.78, 5) is 10.6. The van der Waals surface area contributed by atoms with Gasteiger partial charge in [0.15, 0.2) is 0 Å². The smallest absolute Gasteiger partial charge is 0.122 e. The quantitative estimate of drug-likeness (QED) is 0.521. The Hall–Kier alpha value is -0.330.